The van der Waals surface area contributed by atoms with E-state index in [-0.39, 0.29) is 11.8 Å². The Kier molecular flexibility index (Phi) is 6.16. The minimum absolute atomic E-state index is 0.146. The third kappa shape index (κ3) is 5.82. The standard InChI is InChI=1S/C21H23F3N2O/c22-21(23,24)15-26-12-10-16(11-13-26)14-25-20(27)19-8-6-18(7-9-19)17-4-2-1-3-5-17/h1-9,16H,10-15H2,(H,25,27). The van der Waals surface area contributed by atoms with Gasteiger partial charge in [0.15, 0.2) is 0 Å². The monoisotopic (exact) mass is 376 g/mol. The van der Waals surface area contributed by atoms with E-state index in [9.17, 15) is 18.0 Å². The molecule has 1 fully saturated rings. The maximum absolute atomic E-state index is 12.4. The van der Waals surface area contributed by atoms with Gasteiger partial charge in [-0.2, -0.15) is 13.2 Å². The number of amides is 1. The molecule has 6 heteroatoms. The molecule has 0 unspecified atom stereocenters. The van der Waals surface area contributed by atoms with Crippen molar-refractivity contribution in [2.75, 3.05) is 26.2 Å². The molecule has 2 aromatic carbocycles. The largest absolute Gasteiger partial charge is 0.401 e. The highest BCUT2D eigenvalue weighted by Gasteiger charge is 2.32. The van der Waals surface area contributed by atoms with Crippen LogP contribution < -0.4 is 5.32 Å². The van der Waals surface area contributed by atoms with Gasteiger partial charge in [-0.3, -0.25) is 9.69 Å². The van der Waals surface area contributed by atoms with Gasteiger partial charge in [-0.1, -0.05) is 42.5 Å². The Morgan fingerprint density at radius 3 is 2.15 bits per heavy atom. The number of halogens is 3. The van der Waals surface area contributed by atoms with Gasteiger partial charge in [-0.25, -0.2) is 0 Å². The first-order valence-electron chi connectivity index (χ1n) is 9.13. The third-order valence-electron chi connectivity index (χ3n) is 4.92. The van der Waals surface area contributed by atoms with Gasteiger partial charge in [-0.15, -0.1) is 0 Å². The molecule has 1 aliphatic heterocycles. The molecule has 0 aliphatic carbocycles. The second-order valence-corrected chi connectivity index (χ2v) is 6.99. The molecule has 1 saturated heterocycles. The van der Waals surface area contributed by atoms with Crippen LogP contribution in [0.5, 0.6) is 0 Å². The molecule has 27 heavy (non-hydrogen) atoms. The van der Waals surface area contributed by atoms with Crippen LogP contribution in [0, 0.1) is 5.92 Å². The Morgan fingerprint density at radius 1 is 0.963 bits per heavy atom. The van der Waals surface area contributed by atoms with Crippen LogP contribution >= 0.6 is 0 Å². The first-order chi connectivity index (χ1) is 12.9. The molecule has 1 amide bonds. The summed E-state index contributed by atoms with van der Waals surface area (Å²) in [5, 5.41) is 2.91. The van der Waals surface area contributed by atoms with E-state index in [0.29, 0.717) is 38.0 Å². The Morgan fingerprint density at radius 2 is 1.56 bits per heavy atom. The summed E-state index contributed by atoms with van der Waals surface area (Å²) in [7, 11) is 0. The highest BCUT2D eigenvalue weighted by molar-refractivity contribution is 5.94. The first-order valence-corrected chi connectivity index (χ1v) is 9.13. The average molecular weight is 376 g/mol. The van der Waals surface area contributed by atoms with E-state index in [1.54, 1.807) is 12.1 Å². The molecule has 3 nitrogen and oxygen atoms in total. The molecule has 0 spiro atoms. The number of alkyl halides is 3. The van der Waals surface area contributed by atoms with Crippen LogP contribution in [0.3, 0.4) is 0 Å². The van der Waals surface area contributed by atoms with Crippen LogP contribution in [0.2, 0.25) is 0 Å². The highest BCUT2D eigenvalue weighted by atomic mass is 19.4. The lowest BCUT2D eigenvalue weighted by Gasteiger charge is -2.32. The quantitative estimate of drug-likeness (QED) is 0.841. The molecule has 0 bridgehead atoms. The van der Waals surface area contributed by atoms with E-state index >= 15 is 0 Å². The first kappa shape index (κ1) is 19.4. The van der Waals surface area contributed by atoms with Crippen molar-refractivity contribution in [3.63, 3.8) is 0 Å². The number of nitrogens with zero attached hydrogens (tertiary/aromatic N) is 1. The number of carbonyl (C=O) groups is 1. The van der Waals surface area contributed by atoms with Gasteiger partial charge in [-0.05, 0) is 55.1 Å². The lowest BCUT2D eigenvalue weighted by atomic mass is 9.96. The summed E-state index contributed by atoms with van der Waals surface area (Å²) in [6.07, 6.45) is -2.81. The zero-order valence-corrected chi connectivity index (χ0v) is 15.0. The van der Waals surface area contributed by atoms with Gasteiger partial charge in [0.05, 0.1) is 6.54 Å². The maximum Gasteiger partial charge on any atom is 0.401 e. The lowest BCUT2D eigenvalue weighted by molar-refractivity contribution is -0.148. The number of piperidine rings is 1. The molecular formula is C21H23F3N2O. The molecule has 0 aromatic heterocycles. The molecule has 3 rings (SSSR count). The summed E-state index contributed by atoms with van der Waals surface area (Å²) in [6.45, 7) is 0.497. The Bertz CT molecular complexity index is 736. The van der Waals surface area contributed by atoms with E-state index in [0.717, 1.165) is 11.1 Å². The summed E-state index contributed by atoms with van der Waals surface area (Å²) >= 11 is 0. The summed E-state index contributed by atoms with van der Waals surface area (Å²) in [4.78, 5) is 13.7. The second kappa shape index (κ2) is 8.57. The number of rotatable bonds is 5. The van der Waals surface area contributed by atoms with Crippen molar-refractivity contribution >= 4 is 5.91 Å². The Hall–Kier alpha value is -2.34. The fraction of sp³-hybridized carbons (Fsp3) is 0.381. The maximum atomic E-state index is 12.4. The van der Waals surface area contributed by atoms with Crippen LogP contribution in [-0.4, -0.2) is 43.2 Å². The van der Waals surface area contributed by atoms with Crippen molar-refractivity contribution in [1.29, 1.82) is 0 Å². The minimum Gasteiger partial charge on any atom is -0.352 e. The van der Waals surface area contributed by atoms with Crippen molar-refractivity contribution in [3.8, 4) is 11.1 Å². The van der Waals surface area contributed by atoms with Crippen LogP contribution in [0.15, 0.2) is 54.6 Å². The summed E-state index contributed by atoms with van der Waals surface area (Å²) in [5.74, 6) is 0.0781. The Labute approximate surface area is 157 Å². The zero-order valence-electron chi connectivity index (χ0n) is 15.0. The van der Waals surface area contributed by atoms with Gasteiger partial charge >= 0.3 is 6.18 Å². The average Bonchev–Trinajstić information content (AvgIpc) is 2.67. The van der Waals surface area contributed by atoms with Gasteiger partial charge in [0.1, 0.15) is 0 Å². The van der Waals surface area contributed by atoms with E-state index in [4.69, 9.17) is 0 Å². The molecule has 0 atom stereocenters. The van der Waals surface area contributed by atoms with Crippen molar-refractivity contribution in [3.05, 3.63) is 60.2 Å². The molecule has 0 saturated carbocycles. The van der Waals surface area contributed by atoms with Crippen LogP contribution in [0.1, 0.15) is 23.2 Å². The molecule has 1 N–H and O–H groups in total. The van der Waals surface area contributed by atoms with E-state index < -0.39 is 12.7 Å². The summed E-state index contributed by atoms with van der Waals surface area (Å²) in [5.41, 5.74) is 2.73. The molecule has 144 valence electrons. The SMILES string of the molecule is O=C(NCC1CCN(CC(F)(F)F)CC1)c1ccc(-c2ccccc2)cc1. The molecule has 1 heterocycles. The number of hydrogen-bond donors (Lipinski definition) is 1. The van der Waals surface area contributed by atoms with E-state index in [2.05, 4.69) is 5.32 Å². The fourth-order valence-corrected chi connectivity index (χ4v) is 3.39. The zero-order chi connectivity index (χ0) is 19.3. The second-order valence-electron chi connectivity index (χ2n) is 6.99. The number of carbonyl (C=O) groups excluding carboxylic acids is 1. The Balaban J connectivity index is 1.46. The number of likely N-dealkylation sites (tertiary alicyclic amines) is 1. The smallest absolute Gasteiger partial charge is 0.352 e. The van der Waals surface area contributed by atoms with E-state index in [1.807, 2.05) is 42.5 Å². The summed E-state index contributed by atoms with van der Waals surface area (Å²) < 4.78 is 37.3. The van der Waals surface area contributed by atoms with Crippen LogP contribution in [0.4, 0.5) is 13.2 Å². The minimum atomic E-state index is -4.15. The van der Waals surface area contributed by atoms with Crippen LogP contribution in [0.25, 0.3) is 11.1 Å². The van der Waals surface area contributed by atoms with E-state index in [1.165, 1.54) is 4.90 Å². The molecule has 2 aromatic rings. The van der Waals surface area contributed by atoms with Crippen molar-refractivity contribution in [2.24, 2.45) is 5.92 Å². The van der Waals surface area contributed by atoms with Crippen LogP contribution in [-0.2, 0) is 0 Å². The van der Waals surface area contributed by atoms with Crippen molar-refractivity contribution in [2.45, 2.75) is 19.0 Å². The highest BCUT2D eigenvalue weighted by Crippen LogP contribution is 2.22. The molecular weight excluding hydrogens is 353 g/mol. The van der Waals surface area contributed by atoms with Gasteiger partial charge in [0.25, 0.3) is 5.91 Å². The normalized spacial score (nSPS) is 16.3. The van der Waals surface area contributed by atoms with Crippen molar-refractivity contribution < 1.29 is 18.0 Å². The lowest BCUT2D eigenvalue weighted by Crippen LogP contribution is -2.42. The number of benzene rings is 2. The van der Waals surface area contributed by atoms with Crippen molar-refractivity contribution in [1.82, 2.24) is 10.2 Å². The predicted molar refractivity (Wildman–Crippen MR) is 99.4 cm³/mol. The molecule has 0 radical (unpaired) electrons. The van der Waals surface area contributed by atoms with Gasteiger partial charge in [0.2, 0.25) is 0 Å². The fourth-order valence-electron chi connectivity index (χ4n) is 3.39. The summed E-state index contributed by atoms with van der Waals surface area (Å²) in [6, 6.07) is 17.3. The predicted octanol–water partition coefficient (Wildman–Crippen LogP) is 4.36. The number of hydrogen-bond acceptors (Lipinski definition) is 2. The topological polar surface area (TPSA) is 32.3 Å². The molecule has 1 aliphatic rings. The number of nitrogens with one attached hydrogen (secondary N) is 1. The third-order valence-corrected chi connectivity index (χ3v) is 4.92. The van der Waals surface area contributed by atoms with Gasteiger partial charge in [0, 0.05) is 12.1 Å². The van der Waals surface area contributed by atoms with Gasteiger partial charge < -0.3 is 5.32 Å².